The van der Waals surface area contributed by atoms with Crippen molar-refractivity contribution in [3.8, 4) is 27.9 Å². The molecule has 0 bridgehead atoms. The van der Waals surface area contributed by atoms with E-state index in [-0.39, 0.29) is 10.8 Å². The zero-order chi connectivity index (χ0) is 43.1. The summed E-state index contributed by atoms with van der Waals surface area (Å²) in [5.74, 6) is 0. The number of aromatic nitrogens is 1. The molecule has 0 saturated heterocycles. The summed E-state index contributed by atoms with van der Waals surface area (Å²) in [5, 5.41) is 8.15. The number of aryl methyl sites for hydroxylation is 5. The fraction of sp³-hybridized carbons (Fsp3) is 0.180. The van der Waals surface area contributed by atoms with Crippen molar-refractivity contribution in [2.24, 2.45) is 0 Å². The average molecular weight is 802 g/mol. The van der Waals surface area contributed by atoms with Crippen LogP contribution in [0.2, 0.25) is 0 Å². The SMILES string of the molecule is Cc1ccc(-n2c3ccccc3c3ccccc32)cc1.Cc1ccc2c(c1)C(C)(C)c1cc(C)c3ccccc3c1-2.Cc1ccc2c(c1)C(C)(C)c1cc(C)c3ccccc3c1-2. The number of nitrogens with zero attached hydrogens (tertiary/aromatic N) is 1. The molecule has 1 nitrogen and oxygen atoms in total. The van der Waals surface area contributed by atoms with Gasteiger partial charge in [-0.05, 0) is 136 Å². The summed E-state index contributed by atoms with van der Waals surface area (Å²) in [6.07, 6.45) is 0. The van der Waals surface area contributed by atoms with Crippen LogP contribution in [0.5, 0.6) is 0 Å². The maximum absolute atomic E-state index is 2.40. The van der Waals surface area contributed by atoms with Crippen molar-refractivity contribution >= 4 is 43.4 Å². The van der Waals surface area contributed by atoms with E-state index in [4.69, 9.17) is 0 Å². The van der Waals surface area contributed by atoms with E-state index in [1.807, 2.05) is 0 Å². The van der Waals surface area contributed by atoms with Crippen LogP contribution in [0.3, 0.4) is 0 Å². The van der Waals surface area contributed by atoms with Crippen molar-refractivity contribution in [2.45, 2.75) is 73.1 Å². The van der Waals surface area contributed by atoms with Crippen LogP contribution in [0.25, 0.3) is 71.3 Å². The lowest BCUT2D eigenvalue weighted by Gasteiger charge is -2.22. The number of rotatable bonds is 1. The Morgan fingerprint density at radius 1 is 0.323 bits per heavy atom. The molecule has 9 aromatic carbocycles. The molecule has 0 radical (unpaired) electrons. The van der Waals surface area contributed by atoms with Gasteiger partial charge in [-0.15, -0.1) is 0 Å². The summed E-state index contributed by atoms with van der Waals surface area (Å²) < 4.78 is 2.34. The normalized spacial score (nSPS) is 13.8. The third-order valence-corrected chi connectivity index (χ3v) is 14.0. The molecule has 0 amide bonds. The van der Waals surface area contributed by atoms with Crippen LogP contribution in [0.15, 0.2) is 170 Å². The number of para-hydroxylation sites is 2. The summed E-state index contributed by atoms with van der Waals surface area (Å²) in [6, 6.07) is 62.1. The van der Waals surface area contributed by atoms with E-state index >= 15 is 0 Å². The number of hydrogen-bond acceptors (Lipinski definition) is 0. The van der Waals surface area contributed by atoms with Crippen LogP contribution in [-0.4, -0.2) is 4.57 Å². The third-order valence-electron chi connectivity index (χ3n) is 14.0. The monoisotopic (exact) mass is 801 g/mol. The van der Waals surface area contributed by atoms with Gasteiger partial charge in [-0.3, -0.25) is 0 Å². The molecule has 0 spiro atoms. The molecule has 62 heavy (non-hydrogen) atoms. The topological polar surface area (TPSA) is 4.93 Å². The fourth-order valence-electron chi connectivity index (χ4n) is 10.7. The molecule has 0 fully saturated rings. The van der Waals surface area contributed by atoms with Gasteiger partial charge in [-0.2, -0.15) is 0 Å². The van der Waals surface area contributed by atoms with E-state index in [0.29, 0.717) is 0 Å². The molecule has 304 valence electrons. The Kier molecular flexibility index (Phi) is 9.38. The summed E-state index contributed by atoms with van der Waals surface area (Å²) >= 11 is 0. The Morgan fingerprint density at radius 3 is 1.10 bits per heavy atom. The molecule has 2 aliphatic carbocycles. The van der Waals surface area contributed by atoms with Gasteiger partial charge in [0.25, 0.3) is 0 Å². The predicted molar refractivity (Wildman–Crippen MR) is 267 cm³/mol. The van der Waals surface area contributed by atoms with E-state index in [2.05, 4.69) is 237 Å². The molecule has 0 atom stereocenters. The molecule has 1 heteroatoms. The number of benzene rings is 9. The summed E-state index contributed by atoms with van der Waals surface area (Å²) in [7, 11) is 0. The lowest BCUT2D eigenvalue weighted by atomic mass is 9.81. The molecular weight excluding hydrogens is 747 g/mol. The van der Waals surface area contributed by atoms with E-state index in [1.54, 1.807) is 0 Å². The number of hydrogen-bond donors (Lipinski definition) is 0. The van der Waals surface area contributed by atoms with Crippen molar-refractivity contribution in [3.63, 3.8) is 0 Å². The van der Waals surface area contributed by atoms with Gasteiger partial charge in [0.05, 0.1) is 11.0 Å². The van der Waals surface area contributed by atoms with Crippen molar-refractivity contribution in [1.29, 1.82) is 0 Å². The number of fused-ring (bicyclic) bond motifs is 13. The van der Waals surface area contributed by atoms with Crippen LogP contribution >= 0.6 is 0 Å². The van der Waals surface area contributed by atoms with Crippen LogP contribution in [0, 0.1) is 34.6 Å². The highest BCUT2D eigenvalue weighted by molar-refractivity contribution is 6.09. The third kappa shape index (κ3) is 6.20. The van der Waals surface area contributed by atoms with Crippen molar-refractivity contribution < 1.29 is 0 Å². The Labute approximate surface area is 367 Å². The summed E-state index contributed by atoms with van der Waals surface area (Å²) in [5.41, 5.74) is 22.2. The van der Waals surface area contributed by atoms with Gasteiger partial charge < -0.3 is 4.57 Å². The molecule has 1 heterocycles. The minimum Gasteiger partial charge on any atom is -0.309 e. The van der Waals surface area contributed by atoms with Gasteiger partial charge >= 0.3 is 0 Å². The Morgan fingerprint density at radius 2 is 0.677 bits per heavy atom. The van der Waals surface area contributed by atoms with E-state index in [9.17, 15) is 0 Å². The molecule has 2 aliphatic rings. The van der Waals surface area contributed by atoms with Crippen LogP contribution in [-0.2, 0) is 10.8 Å². The molecular formula is C61H55N. The van der Waals surface area contributed by atoms with Gasteiger partial charge in [-0.1, -0.05) is 190 Å². The molecule has 10 aromatic rings. The first-order valence-electron chi connectivity index (χ1n) is 22.2. The zero-order valence-corrected chi connectivity index (χ0v) is 37.6. The second-order valence-corrected chi connectivity index (χ2v) is 18.9. The van der Waals surface area contributed by atoms with Gasteiger partial charge in [0, 0.05) is 27.3 Å². The Bertz CT molecular complexity index is 3180. The van der Waals surface area contributed by atoms with Crippen molar-refractivity contribution in [1.82, 2.24) is 4.57 Å². The average Bonchev–Trinajstić information content (AvgIpc) is 3.81. The quantitative estimate of drug-likeness (QED) is 0.156. The smallest absolute Gasteiger partial charge is 0.0541 e. The van der Waals surface area contributed by atoms with Crippen LogP contribution < -0.4 is 0 Å². The first-order chi connectivity index (χ1) is 29.8. The van der Waals surface area contributed by atoms with Crippen molar-refractivity contribution in [3.05, 3.63) is 220 Å². The van der Waals surface area contributed by atoms with Gasteiger partial charge in [0.15, 0.2) is 0 Å². The minimum atomic E-state index is 0.0888. The van der Waals surface area contributed by atoms with Crippen molar-refractivity contribution in [2.75, 3.05) is 0 Å². The summed E-state index contributed by atoms with van der Waals surface area (Å²) in [4.78, 5) is 0. The highest BCUT2D eigenvalue weighted by atomic mass is 15.0. The molecule has 0 aliphatic heterocycles. The first-order valence-corrected chi connectivity index (χ1v) is 22.2. The van der Waals surface area contributed by atoms with Gasteiger partial charge in [-0.25, -0.2) is 0 Å². The van der Waals surface area contributed by atoms with Gasteiger partial charge in [0.2, 0.25) is 0 Å². The van der Waals surface area contributed by atoms with E-state index in [0.717, 1.165) is 0 Å². The Balaban J connectivity index is 0.000000111. The highest BCUT2D eigenvalue weighted by Crippen LogP contribution is 2.53. The highest BCUT2D eigenvalue weighted by Gasteiger charge is 2.38. The maximum Gasteiger partial charge on any atom is 0.0541 e. The Hall–Kier alpha value is -6.70. The molecule has 1 aromatic heterocycles. The predicted octanol–water partition coefficient (Wildman–Crippen LogP) is 16.6. The maximum atomic E-state index is 2.40. The van der Waals surface area contributed by atoms with Crippen LogP contribution in [0.1, 0.15) is 77.8 Å². The minimum absolute atomic E-state index is 0.0888. The molecule has 12 rings (SSSR count). The van der Waals surface area contributed by atoms with E-state index < -0.39 is 0 Å². The second kappa shape index (κ2) is 14.7. The fourth-order valence-corrected chi connectivity index (χ4v) is 10.7. The molecule has 0 N–H and O–H groups in total. The lowest BCUT2D eigenvalue weighted by Crippen LogP contribution is -2.15. The van der Waals surface area contributed by atoms with Crippen LogP contribution in [0.4, 0.5) is 0 Å². The van der Waals surface area contributed by atoms with E-state index in [1.165, 1.54) is 121 Å². The first kappa shape index (κ1) is 39.4. The molecule has 0 saturated carbocycles. The standard InChI is InChI=1S/2C21H20.C19H15N/c2*1-13-9-10-17-18(11-13)21(3,4)19-12-14(2)15-7-5-6-8-16(15)20(17)19;1-14-10-12-15(13-11-14)20-18-8-4-2-6-16(18)17-7-3-5-9-19(17)20/h2*5-12H,1-4H3;2-13H,1H3. The lowest BCUT2D eigenvalue weighted by molar-refractivity contribution is 0.659. The second-order valence-electron chi connectivity index (χ2n) is 18.9. The summed E-state index contributed by atoms with van der Waals surface area (Å²) in [6.45, 7) is 20.4. The zero-order valence-electron chi connectivity index (χ0n) is 37.6. The molecule has 0 unspecified atom stereocenters. The van der Waals surface area contributed by atoms with Gasteiger partial charge in [0.1, 0.15) is 0 Å². The largest absolute Gasteiger partial charge is 0.309 e.